The molecule has 0 unspecified atom stereocenters. The van der Waals surface area contributed by atoms with Crippen molar-refractivity contribution in [3.63, 3.8) is 0 Å². The van der Waals surface area contributed by atoms with Gasteiger partial charge in [-0.15, -0.1) is 6.42 Å². The van der Waals surface area contributed by atoms with E-state index in [1.807, 2.05) is 42.7 Å². The summed E-state index contributed by atoms with van der Waals surface area (Å²) in [4.78, 5) is 4.50. The van der Waals surface area contributed by atoms with Crippen LogP contribution in [0.2, 0.25) is 0 Å². The molecule has 0 spiro atoms. The first-order valence-electron chi connectivity index (χ1n) is 5.47. The van der Waals surface area contributed by atoms with E-state index < -0.39 is 0 Å². The largest absolute Gasteiger partial charge is 0.383 e. The van der Waals surface area contributed by atoms with E-state index in [0.717, 1.165) is 22.6 Å². The van der Waals surface area contributed by atoms with Crippen LogP contribution in [-0.4, -0.2) is 9.55 Å². The summed E-state index contributed by atoms with van der Waals surface area (Å²) in [5, 5.41) is 0. The summed E-state index contributed by atoms with van der Waals surface area (Å²) in [7, 11) is 0. The highest BCUT2D eigenvalue weighted by Gasteiger charge is 2.13. The third-order valence-corrected chi connectivity index (χ3v) is 2.85. The first-order valence-corrected chi connectivity index (χ1v) is 5.47. The molecule has 0 aliphatic carbocycles. The zero-order chi connectivity index (χ0) is 12.4. The van der Waals surface area contributed by atoms with E-state index in [1.54, 1.807) is 0 Å². The molecule has 0 atom stereocenters. The van der Waals surface area contributed by atoms with Crippen LogP contribution < -0.4 is 5.73 Å². The molecular formula is C14H15N3. The fraction of sp³-hybridized carbons (Fsp3) is 0.214. The Balaban J connectivity index is 2.59. The van der Waals surface area contributed by atoms with Gasteiger partial charge in [-0.25, -0.2) is 4.98 Å². The minimum absolute atomic E-state index is 0.455. The van der Waals surface area contributed by atoms with Gasteiger partial charge in [-0.2, -0.15) is 0 Å². The monoisotopic (exact) mass is 225 g/mol. The lowest BCUT2D eigenvalue weighted by atomic mass is 10.1. The van der Waals surface area contributed by atoms with Gasteiger partial charge in [0.15, 0.2) is 0 Å². The van der Waals surface area contributed by atoms with Gasteiger partial charge in [0.2, 0.25) is 0 Å². The Kier molecular flexibility index (Phi) is 2.88. The number of anilines is 1. The average molecular weight is 225 g/mol. The topological polar surface area (TPSA) is 43.8 Å². The Hall–Kier alpha value is -2.21. The molecule has 3 nitrogen and oxygen atoms in total. The minimum Gasteiger partial charge on any atom is -0.383 e. The summed E-state index contributed by atoms with van der Waals surface area (Å²) in [6, 6.07) is 8.05. The highest BCUT2D eigenvalue weighted by Crippen LogP contribution is 2.28. The molecule has 2 aromatic rings. The second kappa shape index (κ2) is 4.34. The summed E-state index contributed by atoms with van der Waals surface area (Å²) in [5.74, 6) is 4.07. The number of nitrogens with two attached hydrogens (primary N) is 1. The number of benzene rings is 1. The van der Waals surface area contributed by atoms with E-state index in [0.29, 0.717) is 12.4 Å². The standard InChI is InChI=1S/C14H15N3/c1-4-9-17-11(3)16-13(14(17)15)12-8-6-5-7-10(12)2/h1,5-8H,9,15H2,2-3H3. The number of imidazole rings is 1. The fourth-order valence-corrected chi connectivity index (χ4v) is 1.91. The number of aryl methyl sites for hydroxylation is 2. The summed E-state index contributed by atoms with van der Waals surface area (Å²) in [6.07, 6.45) is 5.32. The van der Waals surface area contributed by atoms with E-state index in [2.05, 4.69) is 10.9 Å². The molecular weight excluding hydrogens is 210 g/mol. The predicted molar refractivity (Wildman–Crippen MR) is 70.4 cm³/mol. The molecule has 0 fully saturated rings. The normalized spacial score (nSPS) is 10.2. The molecule has 0 aliphatic heterocycles. The second-order valence-electron chi connectivity index (χ2n) is 4.00. The van der Waals surface area contributed by atoms with Gasteiger partial charge in [0.1, 0.15) is 17.3 Å². The van der Waals surface area contributed by atoms with Gasteiger partial charge in [0.05, 0.1) is 6.54 Å². The van der Waals surface area contributed by atoms with Gasteiger partial charge in [-0.3, -0.25) is 0 Å². The third-order valence-electron chi connectivity index (χ3n) is 2.85. The fourth-order valence-electron chi connectivity index (χ4n) is 1.91. The van der Waals surface area contributed by atoms with Crippen LogP contribution in [0.25, 0.3) is 11.3 Å². The van der Waals surface area contributed by atoms with Crippen molar-refractivity contribution in [2.75, 3.05) is 5.73 Å². The van der Waals surface area contributed by atoms with Gasteiger partial charge in [-0.05, 0) is 19.4 Å². The number of rotatable bonds is 2. The lowest BCUT2D eigenvalue weighted by Gasteiger charge is -2.05. The zero-order valence-electron chi connectivity index (χ0n) is 10.1. The van der Waals surface area contributed by atoms with Crippen molar-refractivity contribution < 1.29 is 0 Å². The van der Waals surface area contributed by atoms with Crippen molar-refractivity contribution in [3.8, 4) is 23.6 Å². The summed E-state index contributed by atoms with van der Waals surface area (Å²) in [6.45, 7) is 4.41. The SMILES string of the molecule is C#CCn1c(C)nc(-c2ccccc2C)c1N. The Bertz CT molecular complexity index is 588. The molecule has 1 heterocycles. The molecule has 86 valence electrons. The number of hydrogen-bond donors (Lipinski definition) is 1. The maximum Gasteiger partial charge on any atom is 0.132 e. The Morgan fingerprint density at radius 2 is 2.06 bits per heavy atom. The molecule has 2 rings (SSSR count). The van der Waals surface area contributed by atoms with Gasteiger partial charge in [-0.1, -0.05) is 30.2 Å². The van der Waals surface area contributed by atoms with Crippen LogP contribution in [0.1, 0.15) is 11.4 Å². The highest BCUT2D eigenvalue weighted by molar-refractivity contribution is 5.73. The van der Waals surface area contributed by atoms with Crippen molar-refractivity contribution in [3.05, 3.63) is 35.7 Å². The molecule has 0 amide bonds. The number of aromatic nitrogens is 2. The molecule has 17 heavy (non-hydrogen) atoms. The van der Waals surface area contributed by atoms with Crippen LogP contribution >= 0.6 is 0 Å². The van der Waals surface area contributed by atoms with E-state index in [4.69, 9.17) is 12.2 Å². The van der Waals surface area contributed by atoms with Gasteiger partial charge in [0.25, 0.3) is 0 Å². The average Bonchev–Trinajstić information content (AvgIpc) is 2.58. The van der Waals surface area contributed by atoms with Crippen LogP contribution in [0.5, 0.6) is 0 Å². The van der Waals surface area contributed by atoms with Crippen molar-refractivity contribution >= 4 is 5.82 Å². The van der Waals surface area contributed by atoms with Crippen LogP contribution in [0.3, 0.4) is 0 Å². The van der Waals surface area contributed by atoms with Crippen LogP contribution in [0.4, 0.5) is 5.82 Å². The molecule has 3 heteroatoms. The number of nitrogens with zero attached hydrogens (tertiary/aromatic N) is 2. The molecule has 0 radical (unpaired) electrons. The molecule has 1 aromatic heterocycles. The maximum atomic E-state index is 6.10. The smallest absolute Gasteiger partial charge is 0.132 e. The van der Waals surface area contributed by atoms with Crippen molar-refractivity contribution in [2.24, 2.45) is 0 Å². The molecule has 0 bridgehead atoms. The Morgan fingerprint density at radius 3 is 2.71 bits per heavy atom. The Morgan fingerprint density at radius 1 is 1.35 bits per heavy atom. The van der Waals surface area contributed by atoms with Crippen LogP contribution in [-0.2, 0) is 6.54 Å². The Labute approximate surface area is 101 Å². The van der Waals surface area contributed by atoms with Crippen molar-refractivity contribution in [1.29, 1.82) is 0 Å². The highest BCUT2D eigenvalue weighted by atomic mass is 15.1. The number of terminal acetylenes is 1. The molecule has 0 saturated heterocycles. The quantitative estimate of drug-likeness (QED) is 0.797. The lowest BCUT2D eigenvalue weighted by molar-refractivity contribution is 0.807. The summed E-state index contributed by atoms with van der Waals surface area (Å²) >= 11 is 0. The zero-order valence-corrected chi connectivity index (χ0v) is 10.1. The van der Waals surface area contributed by atoms with Crippen LogP contribution in [0.15, 0.2) is 24.3 Å². The van der Waals surface area contributed by atoms with Gasteiger partial charge < -0.3 is 10.3 Å². The van der Waals surface area contributed by atoms with E-state index in [1.165, 1.54) is 0 Å². The number of hydrogen-bond acceptors (Lipinski definition) is 2. The first-order chi connectivity index (χ1) is 8.15. The van der Waals surface area contributed by atoms with E-state index >= 15 is 0 Å². The van der Waals surface area contributed by atoms with E-state index in [9.17, 15) is 0 Å². The minimum atomic E-state index is 0.455. The van der Waals surface area contributed by atoms with Crippen LogP contribution in [0, 0.1) is 26.2 Å². The predicted octanol–water partition coefficient (Wildman–Crippen LogP) is 2.38. The van der Waals surface area contributed by atoms with Gasteiger partial charge in [0, 0.05) is 5.56 Å². The molecule has 2 N–H and O–H groups in total. The summed E-state index contributed by atoms with van der Waals surface area (Å²) in [5.41, 5.74) is 9.13. The molecule has 0 aliphatic rings. The molecule has 0 saturated carbocycles. The summed E-state index contributed by atoms with van der Waals surface area (Å²) < 4.78 is 1.85. The van der Waals surface area contributed by atoms with E-state index in [-0.39, 0.29) is 0 Å². The van der Waals surface area contributed by atoms with Crippen molar-refractivity contribution in [1.82, 2.24) is 9.55 Å². The van der Waals surface area contributed by atoms with Gasteiger partial charge >= 0.3 is 0 Å². The lowest BCUT2D eigenvalue weighted by Crippen LogP contribution is -2.03. The maximum absolute atomic E-state index is 6.10. The van der Waals surface area contributed by atoms with Crippen molar-refractivity contribution in [2.45, 2.75) is 20.4 Å². The second-order valence-corrected chi connectivity index (χ2v) is 4.00. The molecule has 1 aromatic carbocycles. The third kappa shape index (κ3) is 1.90. The first kappa shape index (κ1) is 11.3. The number of nitrogen functional groups attached to an aromatic ring is 1.